The molecule has 0 radical (unpaired) electrons. The Morgan fingerprint density at radius 1 is 0.941 bits per heavy atom. The number of aromatic nitrogens is 2. The summed E-state index contributed by atoms with van der Waals surface area (Å²) in [7, 11) is 0. The fourth-order valence-electron chi connectivity index (χ4n) is 1.43. The van der Waals surface area contributed by atoms with Gasteiger partial charge in [-0.05, 0) is 32.0 Å². The molecular formula is C12H9Cl3N2. The second kappa shape index (κ2) is 4.81. The van der Waals surface area contributed by atoms with Crippen LogP contribution in [0, 0.1) is 13.8 Å². The van der Waals surface area contributed by atoms with E-state index in [1.165, 1.54) is 0 Å². The number of benzene rings is 1. The number of nitrogens with zero attached hydrogens (tertiary/aromatic N) is 2. The van der Waals surface area contributed by atoms with Crippen LogP contribution in [0.3, 0.4) is 0 Å². The number of halogens is 3. The second-order valence-corrected chi connectivity index (χ2v) is 4.86. The number of hydrogen-bond donors (Lipinski definition) is 0. The first-order valence-corrected chi connectivity index (χ1v) is 6.08. The summed E-state index contributed by atoms with van der Waals surface area (Å²) in [5, 5.41) is 1.46. The van der Waals surface area contributed by atoms with Gasteiger partial charge in [-0.2, -0.15) is 0 Å². The standard InChI is InChI=1S/C12H9Cl3N2/c1-6-7(2)17-12(15)11(16-6)9-5-8(13)3-4-10(9)14/h3-5H,1-2H3. The highest BCUT2D eigenvalue weighted by atomic mass is 35.5. The van der Waals surface area contributed by atoms with Crippen LogP contribution in [0.1, 0.15) is 11.4 Å². The molecule has 5 heteroatoms. The summed E-state index contributed by atoms with van der Waals surface area (Å²) in [5.41, 5.74) is 2.87. The third kappa shape index (κ3) is 2.54. The van der Waals surface area contributed by atoms with Gasteiger partial charge >= 0.3 is 0 Å². The zero-order valence-electron chi connectivity index (χ0n) is 9.26. The molecule has 0 atom stereocenters. The fraction of sp³-hybridized carbons (Fsp3) is 0.167. The van der Waals surface area contributed by atoms with Crippen LogP contribution in [0.5, 0.6) is 0 Å². The third-order valence-electron chi connectivity index (χ3n) is 2.45. The van der Waals surface area contributed by atoms with Crippen molar-refractivity contribution in [2.75, 3.05) is 0 Å². The van der Waals surface area contributed by atoms with E-state index >= 15 is 0 Å². The summed E-state index contributed by atoms with van der Waals surface area (Å²) in [6.45, 7) is 3.73. The minimum absolute atomic E-state index is 0.331. The van der Waals surface area contributed by atoms with Crippen molar-refractivity contribution in [3.05, 3.63) is 44.8 Å². The summed E-state index contributed by atoms with van der Waals surface area (Å²) in [5.74, 6) is 0. The molecule has 17 heavy (non-hydrogen) atoms. The average molecular weight is 288 g/mol. The predicted molar refractivity (Wildman–Crippen MR) is 72.0 cm³/mol. The molecule has 2 rings (SSSR count). The lowest BCUT2D eigenvalue weighted by Gasteiger charge is -2.08. The smallest absolute Gasteiger partial charge is 0.155 e. The lowest BCUT2D eigenvalue weighted by molar-refractivity contribution is 1.05. The Hall–Kier alpha value is -0.830. The normalized spacial score (nSPS) is 10.6. The Bertz CT molecular complexity index is 582. The van der Waals surface area contributed by atoms with E-state index in [1.807, 2.05) is 13.8 Å². The summed E-state index contributed by atoms with van der Waals surface area (Å²) in [4.78, 5) is 8.63. The number of hydrogen-bond acceptors (Lipinski definition) is 2. The molecule has 0 unspecified atom stereocenters. The van der Waals surface area contributed by atoms with E-state index in [2.05, 4.69) is 9.97 Å². The van der Waals surface area contributed by atoms with E-state index in [1.54, 1.807) is 18.2 Å². The average Bonchev–Trinajstić information content (AvgIpc) is 2.27. The van der Waals surface area contributed by atoms with Gasteiger partial charge in [0.1, 0.15) is 5.69 Å². The molecule has 0 saturated heterocycles. The Morgan fingerprint density at radius 3 is 2.29 bits per heavy atom. The van der Waals surface area contributed by atoms with E-state index in [9.17, 15) is 0 Å². The molecule has 0 spiro atoms. The SMILES string of the molecule is Cc1nc(Cl)c(-c2cc(Cl)ccc2Cl)nc1C. The molecule has 0 bridgehead atoms. The number of aryl methyl sites for hydroxylation is 2. The minimum atomic E-state index is 0.331. The van der Waals surface area contributed by atoms with Crippen molar-refractivity contribution in [2.24, 2.45) is 0 Å². The van der Waals surface area contributed by atoms with E-state index in [0.29, 0.717) is 26.5 Å². The monoisotopic (exact) mass is 286 g/mol. The fourth-order valence-corrected chi connectivity index (χ4v) is 2.08. The number of rotatable bonds is 1. The van der Waals surface area contributed by atoms with Gasteiger partial charge in [-0.15, -0.1) is 0 Å². The van der Waals surface area contributed by atoms with Crippen LogP contribution in [0.4, 0.5) is 0 Å². The zero-order chi connectivity index (χ0) is 12.6. The van der Waals surface area contributed by atoms with Gasteiger partial charge in [0.25, 0.3) is 0 Å². The molecular weight excluding hydrogens is 279 g/mol. The van der Waals surface area contributed by atoms with E-state index in [-0.39, 0.29) is 0 Å². The van der Waals surface area contributed by atoms with Crippen LogP contribution in [0.25, 0.3) is 11.3 Å². The minimum Gasteiger partial charge on any atom is -0.248 e. The van der Waals surface area contributed by atoms with Crippen molar-refractivity contribution in [3.8, 4) is 11.3 Å². The molecule has 0 saturated carbocycles. The first-order valence-electron chi connectivity index (χ1n) is 4.95. The first kappa shape index (κ1) is 12.6. The molecule has 0 aliphatic carbocycles. The third-order valence-corrected chi connectivity index (χ3v) is 3.28. The van der Waals surface area contributed by atoms with Crippen LogP contribution in [0.2, 0.25) is 15.2 Å². The van der Waals surface area contributed by atoms with Crippen LogP contribution < -0.4 is 0 Å². The maximum atomic E-state index is 6.11. The largest absolute Gasteiger partial charge is 0.248 e. The van der Waals surface area contributed by atoms with Crippen molar-refractivity contribution in [2.45, 2.75) is 13.8 Å². The zero-order valence-corrected chi connectivity index (χ0v) is 11.5. The summed E-state index contributed by atoms with van der Waals surface area (Å²) >= 11 is 18.1. The van der Waals surface area contributed by atoms with Gasteiger partial charge in [0.05, 0.1) is 16.4 Å². The molecule has 88 valence electrons. The highest BCUT2D eigenvalue weighted by Gasteiger charge is 2.13. The van der Waals surface area contributed by atoms with Crippen molar-refractivity contribution >= 4 is 34.8 Å². The molecule has 1 aromatic carbocycles. The lowest BCUT2D eigenvalue weighted by atomic mass is 10.1. The van der Waals surface area contributed by atoms with Gasteiger partial charge in [-0.1, -0.05) is 34.8 Å². The maximum Gasteiger partial charge on any atom is 0.155 e. The highest BCUT2D eigenvalue weighted by molar-refractivity contribution is 6.37. The molecule has 1 heterocycles. The summed E-state index contributed by atoms with van der Waals surface area (Å²) in [6.07, 6.45) is 0. The maximum absolute atomic E-state index is 6.11. The quantitative estimate of drug-likeness (QED) is 0.758. The molecule has 0 aliphatic heterocycles. The van der Waals surface area contributed by atoms with Crippen molar-refractivity contribution < 1.29 is 0 Å². The molecule has 2 nitrogen and oxygen atoms in total. The molecule has 2 aromatic rings. The Balaban J connectivity index is 2.68. The van der Waals surface area contributed by atoms with Crippen LogP contribution in [-0.2, 0) is 0 Å². The van der Waals surface area contributed by atoms with Crippen molar-refractivity contribution in [3.63, 3.8) is 0 Å². The Labute approximate surface area is 115 Å². The van der Waals surface area contributed by atoms with E-state index in [4.69, 9.17) is 34.8 Å². The molecule has 1 aromatic heterocycles. The molecule has 0 N–H and O–H groups in total. The molecule has 0 aliphatic rings. The predicted octanol–water partition coefficient (Wildman–Crippen LogP) is 4.72. The van der Waals surface area contributed by atoms with Crippen LogP contribution >= 0.6 is 34.8 Å². The van der Waals surface area contributed by atoms with Gasteiger partial charge in [0, 0.05) is 10.6 Å². The topological polar surface area (TPSA) is 25.8 Å². The highest BCUT2D eigenvalue weighted by Crippen LogP contribution is 2.33. The second-order valence-electron chi connectivity index (χ2n) is 3.66. The Morgan fingerprint density at radius 2 is 1.59 bits per heavy atom. The van der Waals surface area contributed by atoms with Crippen molar-refractivity contribution in [1.29, 1.82) is 0 Å². The van der Waals surface area contributed by atoms with Gasteiger partial charge in [0.15, 0.2) is 5.15 Å². The van der Waals surface area contributed by atoms with E-state index < -0.39 is 0 Å². The van der Waals surface area contributed by atoms with E-state index in [0.717, 1.165) is 11.4 Å². The van der Waals surface area contributed by atoms with Gasteiger partial charge < -0.3 is 0 Å². The molecule has 0 amide bonds. The van der Waals surface area contributed by atoms with Crippen molar-refractivity contribution in [1.82, 2.24) is 9.97 Å². The first-order chi connectivity index (χ1) is 7.99. The lowest BCUT2D eigenvalue weighted by Crippen LogP contribution is -1.96. The Kier molecular flexibility index (Phi) is 3.57. The summed E-state index contributed by atoms with van der Waals surface area (Å²) in [6, 6.07) is 5.16. The van der Waals surface area contributed by atoms with Crippen LogP contribution in [0.15, 0.2) is 18.2 Å². The van der Waals surface area contributed by atoms with Gasteiger partial charge in [0.2, 0.25) is 0 Å². The van der Waals surface area contributed by atoms with Crippen LogP contribution in [-0.4, -0.2) is 9.97 Å². The molecule has 0 fully saturated rings. The summed E-state index contributed by atoms with van der Waals surface area (Å²) < 4.78 is 0. The van der Waals surface area contributed by atoms with Gasteiger partial charge in [-0.25, -0.2) is 9.97 Å². The van der Waals surface area contributed by atoms with Gasteiger partial charge in [-0.3, -0.25) is 0 Å².